The summed E-state index contributed by atoms with van der Waals surface area (Å²) in [7, 11) is 0. The fourth-order valence-corrected chi connectivity index (χ4v) is 4.62. The quantitative estimate of drug-likeness (QED) is 0.600. The van der Waals surface area contributed by atoms with Crippen LogP contribution in [0.3, 0.4) is 0 Å². The lowest BCUT2D eigenvalue weighted by molar-refractivity contribution is -0.0541. The molecule has 2 atom stereocenters. The monoisotopic (exact) mass is 279 g/mol. The van der Waals surface area contributed by atoms with Gasteiger partial charge in [0.05, 0.1) is 0 Å². The average molecular weight is 280 g/mol. The van der Waals surface area contributed by atoms with Crippen LogP contribution < -0.4 is 0 Å². The Morgan fingerprint density at radius 3 is 1.95 bits per heavy atom. The van der Waals surface area contributed by atoms with E-state index in [0.29, 0.717) is 11.0 Å². The van der Waals surface area contributed by atoms with E-state index >= 15 is 0 Å². The molecule has 0 N–H and O–H groups in total. The summed E-state index contributed by atoms with van der Waals surface area (Å²) in [6, 6.07) is 0. The first-order valence-electron chi connectivity index (χ1n) is 9.23. The van der Waals surface area contributed by atoms with E-state index in [2.05, 4.69) is 32.6 Å². The summed E-state index contributed by atoms with van der Waals surface area (Å²) in [5, 5.41) is 0. The molecule has 1 nitrogen and oxygen atoms in total. The number of likely N-dealkylation sites (tertiary alicyclic amines) is 1. The number of hydrogen-bond donors (Lipinski definition) is 0. The van der Waals surface area contributed by atoms with E-state index in [0.717, 1.165) is 5.92 Å². The molecule has 0 aromatic rings. The van der Waals surface area contributed by atoms with Crippen molar-refractivity contribution in [2.75, 3.05) is 13.1 Å². The van der Waals surface area contributed by atoms with Crippen LogP contribution in [0.25, 0.3) is 0 Å². The van der Waals surface area contributed by atoms with Gasteiger partial charge in [-0.05, 0) is 50.6 Å². The van der Waals surface area contributed by atoms with Gasteiger partial charge in [-0.1, -0.05) is 65.7 Å². The van der Waals surface area contributed by atoms with E-state index in [1.54, 1.807) is 0 Å². The Kier molecular flexibility index (Phi) is 5.56. The molecule has 2 fully saturated rings. The molecular formula is C19H37N. The minimum absolute atomic E-state index is 0.407. The van der Waals surface area contributed by atoms with E-state index in [1.165, 1.54) is 77.3 Å². The van der Waals surface area contributed by atoms with E-state index < -0.39 is 0 Å². The highest BCUT2D eigenvalue weighted by Gasteiger charge is 2.47. The maximum Gasteiger partial charge on any atom is 0.0234 e. The zero-order valence-electron chi connectivity index (χ0n) is 14.5. The van der Waals surface area contributed by atoms with Gasteiger partial charge >= 0.3 is 0 Å². The Balaban J connectivity index is 2.20. The lowest BCUT2D eigenvalue weighted by Crippen LogP contribution is -2.59. The van der Waals surface area contributed by atoms with Crippen LogP contribution in [-0.2, 0) is 0 Å². The number of rotatable bonds is 1. The van der Waals surface area contributed by atoms with Gasteiger partial charge in [0, 0.05) is 5.54 Å². The highest BCUT2D eigenvalue weighted by Crippen LogP contribution is 2.48. The van der Waals surface area contributed by atoms with Crippen molar-refractivity contribution in [2.45, 2.75) is 97.4 Å². The molecule has 1 saturated heterocycles. The number of nitrogens with zero attached hydrogens (tertiary/aromatic N) is 1. The second kappa shape index (κ2) is 6.81. The van der Waals surface area contributed by atoms with Gasteiger partial charge in [0.1, 0.15) is 0 Å². The van der Waals surface area contributed by atoms with E-state index in [4.69, 9.17) is 0 Å². The average Bonchev–Trinajstić information content (AvgIpc) is 2.36. The normalized spacial score (nSPS) is 37.5. The fourth-order valence-electron chi connectivity index (χ4n) is 4.62. The Hall–Kier alpha value is -0.0400. The predicted molar refractivity (Wildman–Crippen MR) is 89.1 cm³/mol. The van der Waals surface area contributed by atoms with Crippen LogP contribution >= 0.6 is 0 Å². The SMILES string of the molecule is CC1CCCCCC(C)(N2CCCCCCC2)C1(C)C. The molecule has 20 heavy (non-hydrogen) atoms. The van der Waals surface area contributed by atoms with Crippen LogP contribution in [0.5, 0.6) is 0 Å². The molecule has 0 bridgehead atoms. The standard InChI is InChI=1S/C19H37N/c1-17-13-9-8-10-14-19(4,18(17,2)3)20-15-11-6-5-7-12-16-20/h17H,5-16H2,1-4H3. The third kappa shape index (κ3) is 3.24. The summed E-state index contributed by atoms with van der Waals surface area (Å²) >= 11 is 0. The van der Waals surface area contributed by atoms with Gasteiger partial charge < -0.3 is 0 Å². The van der Waals surface area contributed by atoms with Crippen molar-refractivity contribution in [3.05, 3.63) is 0 Å². The Labute approximate surface area is 127 Å². The molecule has 0 radical (unpaired) electrons. The van der Waals surface area contributed by atoms with Gasteiger partial charge in [-0.3, -0.25) is 4.90 Å². The summed E-state index contributed by atoms with van der Waals surface area (Å²) < 4.78 is 0. The van der Waals surface area contributed by atoms with Crippen LogP contribution in [0.2, 0.25) is 0 Å². The highest BCUT2D eigenvalue weighted by atomic mass is 15.2. The predicted octanol–water partition coefficient (Wildman–Crippen LogP) is 5.64. The third-order valence-electron chi connectivity index (χ3n) is 6.97. The molecule has 0 aromatic heterocycles. The van der Waals surface area contributed by atoms with Gasteiger partial charge in [-0.15, -0.1) is 0 Å². The van der Waals surface area contributed by atoms with Gasteiger partial charge in [-0.2, -0.15) is 0 Å². The van der Waals surface area contributed by atoms with Crippen molar-refractivity contribution >= 4 is 0 Å². The van der Waals surface area contributed by atoms with Gasteiger partial charge in [0.25, 0.3) is 0 Å². The van der Waals surface area contributed by atoms with E-state index in [1.807, 2.05) is 0 Å². The molecule has 0 spiro atoms. The Morgan fingerprint density at radius 2 is 1.30 bits per heavy atom. The molecule has 118 valence electrons. The molecule has 0 amide bonds. The summed E-state index contributed by atoms with van der Waals surface area (Å²) in [5.41, 5.74) is 0.844. The van der Waals surface area contributed by atoms with Crippen LogP contribution in [0.4, 0.5) is 0 Å². The van der Waals surface area contributed by atoms with Crippen LogP contribution in [0.15, 0.2) is 0 Å². The molecule has 1 aliphatic carbocycles. The summed E-state index contributed by atoms with van der Waals surface area (Å²) in [5.74, 6) is 0.846. The Bertz CT molecular complexity index is 288. The van der Waals surface area contributed by atoms with Crippen molar-refractivity contribution in [2.24, 2.45) is 11.3 Å². The second-order valence-corrected chi connectivity index (χ2v) is 8.25. The van der Waals surface area contributed by atoms with E-state index in [9.17, 15) is 0 Å². The first-order chi connectivity index (χ1) is 9.48. The minimum atomic E-state index is 0.407. The largest absolute Gasteiger partial charge is 0.297 e. The maximum atomic E-state index is 2.90. The first-order valence-corrected chi connectivity index (χ1v) is 9.23. The molecule has 2 aliphatic rings. The van der Waals surface area contributed by atoms with Crippen LogP contribution in [-0.4, -0.2) is 23.5 Å². The smallest absolute Gasteiger partial charge is 0.0234 e. The molecule has 1 heterocycles. The van der Waals surface area contributed by atoms with Crippen molar-refractivity contribution < 1.29 is 0 Å². The molecule has 2 unspecified atom stereocenters. The lowest BCUT2D eigenvalue weighted by atomic mass is 9.60. The van der Waals surface area contributed by atoms with Crippen LogP contribution in [0.1, 0.15) is 91.9 Å². The van der Waals surface area contributed by atoms with E-state index in [-0.39, 0.29) is 0 Å². The number of hydrogen-bond acceptors (Lipinski definition) is 1. The third-order valence-corrected chi connectivity index (χ3v) is 6.97. The van der Waals surface area contributed by atoms with Crippen molar-refractivity contribution in [3.8, 4) is 0 Å². The van der Waals surface area contributed by atoms with Gasteiger partial charge in [-0.25, -0.2) is 0 Å². The second-order valence-electron chi connectivity index (χ2n) is 8.25. The molecule has 0 aromatic carbocycles. The lowest BCUT2D eigenvalue weighted by Gasteiger charge is -2.56. The molecular weight excluding hydrogens is 242 g/mol. The molecule has 1 aliphatic heterocycles. The van der Waals surface area contributed by atoms with Gasteiger partial charge in [0.15, 0.2) is 0 Å². The van der Waals surface area contributed by atoms with Gasteiger partial charge in [0.2, 0.25) is 0 Å². The maximum absolute atomic E-state index is 2.90. The zero-order valence-corrected chi connectivity index (χ0v) is 14.5. The highest BCUT2D eigenvalue weighted by molar-refractivity contribution is 5.01. The minimum Gasteiger partial charge on any atom is -0.297 e. The molecule has 1 saturated carbocycles. The molecule has 2 rings (SSSR count). The summed E-state index contributed by atoms with van der Waals surface area (Å²) in [6.45, 7) is 12.9. The first kappa shape index (κ1) is 16.3. The summed E-state index contributed by atoms with van der Waals surface area (Å²) in [4.78, 5) is 2.90. The summed E-state index contributed by atoms with van der Waals surface area (Å²) in [6.07, 6.45) is 14.4. The van der Waals surface area contributed by atoms with Crippen LogP contribution in [0, 0.1) is 11.3 Å². The Morgan fingerprint density at radius 1 is 0.750 bits per heavy atom. The van der Waals surface area contributed by atoms with Crippen molar-refractivity contribution in [1.82, 2.24) is 4.90 Å². The fraction of sp³-hybridized carbons (Fsp3) is 1.00. The zero-order chi connectivity index (χ0) is 14.6. The van der Waals surface area contributed by atoms with Crippen molar-refractivity contribution in [3.63, 3.8) is 0 Å². The van der Waals surface area contributed by atoms with Crippen molar-refractivity contribution in [1.29, 1.82) is 0 Å². The molecule has 1 heteroatoms. The topological polar surface area (TPSA) is 3.24 Å².